The van der Waals surface area contributed by atoms with Crippen molar-refractivity contribution in [2.45, 2.75) is 39.5 Å². The largest absolute Gasteiger partial charge is 0.326 e. The summed E-state index contributed by atoms with van der Waals surface area (Å²) in [6, 6.07) is 5.78. The van der Waals surface area contributed by atoms with Gasteiger partial charge in [-0.3, -0.25) is 4.79 Å². The summed E-state index contributed by atoms with van der Waals surface area (Å²) in [6.45, 7) is 6.18. The van der Waals surface area contributed by atoms with Gasteiger partial charge >= 0.3 is 0 Å². The van der Waals surface area contributed by atoms with Crippen LogP contribution in [-0.4, -0.2) is 10.3 Å². The Morgan fingerprint density at radius 2 is 2.11 bits per heavy atom. The fraction of sp³-hybridized carbons (Fsp3) is 0.533. The van der Waals surface area contributed by atoms with Gasteiger partial charge in [-0.25, -0.2) is 0 Å². The highest BCUT2D eigenvalue weighted by Gasteiger charge is 2.13. The molecule has 0 aromatic heterocycles. The Morgan fingerprint density at radius 1 is 1.42 bits per heavy atom. The molecule has 0 saturated carbocycles. The molecule has 1 N–H and O–H groups in total. The first-order valence-corrected chi connectivity index (χ1v) is 8.56. The van der Waals surface area contributed by atoms with Gasteiger partial charge in [-0.2, -0.15) is 0 Å². The van der Waals surface area contributed by atoms with Crippen molar-refractivity contribution in [3.63, 3.8) is 0 Å². The number of rotatable bonds is 6. The molecule has 0 fully saturated rings. The molecule has 0 bridgehead atoms. The standard InChI is InChI=1S/C15H21ClINO/c1-4-5-10(2)15(19)18-12-6-7-13(11(3)9-17)14(16)8-12/h6-8,10-11H,4-5,9H2,1-3H3,(H,18,19). The summed E-state index contributed by atoms with van der Waals surface area (Å²) in [5.74, 6) is 0.529. The van der Waals surface area contributed by atoms with Gasteiger partial charge in [-0.15, -0.1) is 0 Å². The lowest BCUT2D eigenvalue weighted by atomic mass is 10.0. The molecular formula is C15H21ClINO. The molecule has 0 aliphatic carbocycles. The zero-order chi connectivity index (χ0) is 14.4. The van der Waals surface area contributed by atoms with E-state index in [9.17, 15) is 4.79 Å². The second kappa shape index (κ2) is 8.10. The van der Waals surface area contributed by atoms with Crippen LogP contribution < -0.4 is 5.32 Å². The monoisotopic (exact) mass is 393 g/mol. The Hall–Kier alpha value is -0.290. The predicted molar refractivity (Wildman–Crippen MR) is 91.5 cm³/mol. The number of hydrogen-bond acceptors (Lipinski definition) is 1. The van der Waals surface area contributed by atoms with Crippen molar-refractivity contribution in [2.75, 3.05) is 9.74 Å². The molecule has 1 amide bonds. The highest BCUT2D eigenvalue weighted by atomic mass is 127. The van der Waals surface area contributed by atoms with Crippen LogP contribution in [0.1, 0.15) is 45.1 Å². The highest BCUT2D eigenvalue weighted by molar-refractivity contribution is 14.1. The molecule has 0 aliphatic heterocycles. The molecule has 106 valence electrons. The topological polar surface area (TPSA) is 29.1 Å². The Bertz CT molecular complexity index is 436. The second-order valence-corrected chi connectivity index (χ2v) is 6.26. The molecule has 0 saturated heterocycles. The first-order chi connectivity index (χ1) is 8.99. The number of anilines is 1. The van der Waals surface area contributed by atoms with Gasteiger partial charge in [-0.05, 0) is 30.0 Å². The van der Waals surface area contributed by atoms with Gasteiger partial charge in [0.25, 0.3) is 0 Å². The number of carbonyl (C=O) groups excluding carboxylic acids is 1. The maximum absolute atomic E-state index is 11.9. The van der Waals surface area contributed by atoms with Crippen LogP contribution in [0, 0.1) is 5.92 Å². The number of nitrogens with one attached hydrogen (secondary N) is 1. The van der Waals surface area contributed by atoms with Gasteiger partial charge < -0.3 is 5.32 Å². The van der Waals surface area contributed by atoms with Gasteiger partial charge in [0.2, 0.25) is 5.91 Å². The van der Waals surface area contributed by atoms with Crippen LogP contribution >= 0.6 is 34.2 Å². The molecule has 19 heavy (non-hydrogen) atoms. The Balaban J connectivity index is 2.76. The summed E-state index contributed by atoms with van der Waals surface area (Å²) < 4.78 is 1.02. The van der Waals surface area contributed by atoms with Crippen molar-refractivity contribution in [2.24, 2.45) is 5.92 Å². The van der Waals surface area contributed by atoms with Crippen molar-refractivity contribution < 1.29 is 4.79 Å². The molecule has 2 nitrogen and oxygen atoms in total. The molecule has 4 heteroatoms. The van der Waals surface area contributed by atoms with Crippen LogP contribution in [0.25, 0.3) is 0 Å². The summed E-state index contributed by atoms with van der Waals surface area (Å²) in [6.07, 6.45) is 1.92. The Morgan fingerprint density at radius 3 is 2.63 bits per heavy atom. The van der Waals surface area contributed by atoms with Crippen molar-refractivity contribution >= 4 is 45.8 Å². The molecule has 2 unspecified atom stereocenters. The summed E-state index contributed by atoms with van der Waals surface area (Å²) in [7, 11) is 0. The smallest absolute Gasteiger partial charge is 0.227 e. The number of halogens is 2. The van der Waals surface area contributed by atoms with E-state index < -0.39 is 0 Å². The SMILES string of the molecule is CCCC(C)C(=O)Nc1ccc(C(C)CI)c(Cl)c1. The van der Waals surface area contributed by atoms with Crippen LogP contribution in [0.5, 0.6) is 0 Å². The summed E-state index contributed by atoms with van der Waals surface area (Å²) in [4.78, 5) is 11.9. The molecule has 0 spiro atoms. The Labute approximate surface area is 134 Å². The molecule has 1 aromatic rings. The average molecular weight is 394 g/mol. The normalized spacial score (nSPS) is 13.9. The van der Waals surface area contributed by atoms with Gasteiger partial charge in [0.05, 0.1) is 0 Å². The Kier molecular flexibility index (Phi) is 7.15. The van der Waals surface area contributed by atoms with E-state index >= 15 is 0 Å². The second-order valence-electron chi connectivity index (χ2n) is 4.97. The summed E-state index contributed by atoms with van der Waals surface area (Å²) >= 11 is 8.62. The van der Waals surface area contributed by atoms with E-state index in [0.717, 1.165) is 33.5 Å². The van der Waals surface area contributed by atoms with E-state index in [1.807, 2.05) is 25.1 Å². The maximum atomic E-state index is 11.9. The fourth-order valence-electron chi connectivity index (χ4n) is 1.92. The maximum Gasteiger partial charge on any atom is 0.227 e. The zero-order valence-corrected chi connectivity index (χ0v) is 14.6. The minimum absolute atomic E-state index is 0.0386. The number of alkyl halides is 1. The van der Waals surface area contributed by atoms with E-state index in [0.29, 0.717) is 5.92 Å². The molecular weight excluding hydrogens is 373 g/mol. The zero-order valence-electron chi connectivity index (χ0n) is 11.7. The molecule has 0 radical (unpaired) electrons. The lowest BCUT2D eigenvalue weighted by Gasteiger charge is -2.14. The van der Waals surface area contributed by atoms with E-state index in [2.05, 4.69) is 41.8 Å². The number of carbonyl (C=O) groups is 1. The van der Waals surface area contributed by atoms with Crippen molar-refractivity contribution in [1.82, 2.24) is 0 Å². The lowest BCUT2D eigenvalue weighted by Crippen LogP contribution is -2.20. The molecule has 1 rings (SSSR count). The van der Waals surface area contributed by atoms with Gasteiger partial charge in [0.1, 0.15) is 0 Å². The van der Waals surface area contributed by atoms with Gasteiger partial charge in [0, 0.05) is 21.1 Å². The third-order valence-electron chi connectivity index (χ3n) is 3.20. The third kappa shape index (κ3) is 4.95. The van der Waals surface area contributed by atoms with Crippen molar-refractivity contribution in [1.29, 1.82) is 0 Å². The first kappa shape index (κ1) is 16.8. The van der Waals surface area contributed by atoms with E-state index in [1.54, 1.807) is 0 Å². The highest BCUT2D eigenvalue weighted by Crippen LogP contribution is 2.28. The minimum Gasteiger partial charge on any atom is -0.326 e. The number of hydrogen-bond donors (Lipinski definition) is 1. The van der Waals surface area contributed by atoms with E-state index in [-0.39, 0.29) is 11.8 Å². The first-order valence-electron chi connectivity index (χ1n) is 6.65. The fourth-order valence-corrected chi connectivity index (χ4v) is 2.76. The summed E-state index contributed by atoms with van der Waals surface area (Å²) in [5, 5.41) is 3.65. The minimum atomic E-state index is 0.0386. The van der Waals surface area contributed by atoms with Crippen LogP contribution in [-0.2, 0) is 4.79 Å². The van der Waals surface area contributed by atoms with Gasteiger partial charge in [0.15, 0.2) is 0 Å². The number of benzene rings is 1. The predicted octanol–water partition coefficient (Wildman–Crippen LogP) is 5.25. The van der Waals surface area contributed by atoms with Crippen molar-refractivity contribution in [3.8, 4) is 0 Å². The van der Waals surface area contributed by atoms with Crippen LogP contribution in [0.2, 0.25) is 5.02 Å². The van der Waals surface area contributed by atoms with Crippen LogP contribution in [0.3, 0.4) is 0 Å². The van der Waals surface area contributed by atoms with Gasteiger partial charge in [-0.1, -0.05) is 67.5 Å². The van der Waals surface area contributed by atoms with Crippen molar-refractivity contribution in [3.05, 3.63) is 28.8 Å². The van der Waals surface area contributed by atoms with E-state index in [4.69, 9.17) is 11.6 Å². The quantitative estimate of drug-likeness (QED) is 0.519. The molecule has 2 atom stereocenters. The molecule has 1 aromatic carbocycles. The molecule has 0 aliphatic rings. The number of amides is 1. The van der Waals surface area contributed by atoms with E-state index in [1.165, 1.54) is 0 Å². The van der Waals surface area contributed by atoms with Crippen LogP contribution in [0.15, 0.2) is 18.2 Å². The summed E-state index contributed by atoms with van der Waals surface area (Å²) in [5.41, 5.74) is 1.91. The lowest BCUT2D eigenvalue weighted by molar-refractivity contribution is -0.119. The average Bonchev–Trinajstić information content (AvgIpc) is 2.38. The van der Waals surface area contributed by atoms with Crippen LogP contribution in [0.4, 0.5) is 5.69 Å². The third-order valence-corrected chi connectivity index (χ3v) is 4.85. The molecule has 0 heterocycles.